The van der Waals surface area contributed by atoms with Gasteiger partial charge in [-0.3, -0.25) is 14.5 Å². The summed E-state index contributed by atoms with van der Waals surface area (Å²) in [6, 6.07) is 11.1. The summed E-state index contributed by atoms with van der Waals surface area (Å²) in [5.41, 5.74) is 0.876. The molecule has 0 spiro atoms. The molecule has 0 fully saturated rings. The lowest BCUT2D eigenvalue weighted by Gasteiger charge is -2.11. The van der Waals surface area contributed by atoms with Crippen LogP contribution in [-0.2, 0) is 14.8 Å². The highest BCUT2D eigenvalue weighted by molar-refractivity contribution is 7.90. The van der Waals surface area contributed by atoms with Crippen molar-refractivity contribution in [1.82, 2.24) is 4.72 Å². The minimum atomic E-state index is -3.79. The number of benzene rings is 2. The highest BCUT2D eigenvalue weighted by Crippen LogP contribution is 2.25. The van der Waals surface area contributed by atoms with Crippen molar-refractivity contribution in [2.75, 3.05) is 11.9 Å². The van der Waals surface area contributed by atoms with Gasteiger partial charge in [-0.05, 0) is 49.2 Å². The monoisotopic (exact) mass is 465 g/mol. The summed E-state index contributed by atoms with van der Waals surface area (Å²) in [5.74, 6) is 0.0307. The third kappa shape index (κ3) is 6.08. The minimum Gasteiger partial charge on any atom is -0.322 e. The molecule has 0 atom stereocenters. The molecular weight excluding hydrogens is 445 g/mol. The molecule has 0 aromatic heterocycles. The van der Waals surface area contributed by atoms with Gasteiger partial charge in [0, 0.05) is 40.3 Å². The van der Waals surface area contributed by atoms with Crippen LogP contribution in [-0.4, -0.2) is 26.7 Å². The second-order valence-corrected chi connectivity index (χ2v) is 9.23. The summed E-state index contributed by atoms with van der Waals surface area (Å²) in [7, 11) is -3.79. The van der Waals surface area contributed by atoms with Gasteiger partial charge in [-0.15, -0.1) is 0 Å². The fourth-order valence-electron chi connectivity index (χ4n) is 2.93. The first-order valence-corrected chi connectivity index (χ1v) is 11.7. The molecule has 9 heteroatoms. The molecule has 0 unspecified atom stereocenters. The Morgan fingerprint density at radius 1 is 1.03 bits per heavy atom. The summed E-state index contributed by atoms with van der Waals surface area (Å²) >= 11 is 12.2. The van der Waals surface area contributed by atoms with E-state index in [4.69, 9.17) is 23.2 Å². The first-order valence-electron chi connectivity index (χ1n) is 9.44. The number of anilines is 1. The van der Waals surface area contributed by atoms with Crippen LogP contribution in [0.15, 0.2) is 58.4 Å². The van der Waals surface area contributed by atoms with Crippen molar-refractivity contribution in [3.63, 3.8) is 0 Å². The second-order valence-electron chi connectivity index (χ2n) is 6.73. The van der Waals surface area contributed by atoms with Crippen molar-refractivity contribution in [3.05, 3.63) is 64.1 Å². The van der Waals surface area contributed by atoms with Gasteiger partial charge in [0.1, 0.15) is 5.84 Å². The molecule has 0 aliphatic carbocycles. The Balaban J connectivity index is 1.71. The normalized spacial score (nSPS) is 14.8. The van der Waals surface area contributed by atoms with Gasteiger partial charge in [0.05, 0.1) is 4.90 Å². The molecule has 0 saturated heterocycles. The third-order valence-electron chi connectivity index (χ3n) is 4.44. The molecule has 0 radical (unpaired) electrons. The number of rotatable bonds is 5. The number of halogens is 2. The Bertz CT molecular complexity index is 1080. The summed E-state index contributed by atoms with van der Waals surface area (Å²) in [6.45, 7) is 0.621. The van der Waals surface area contributed by atoms with Crippen molar-refractivity contribution >= 4 is 56.7 Å². The summed E-state index contributed by atoms with van der Waals surface area (Å²) in [5, 5.41) is 3.49. The summed E-state index contributed by atoms with van der Waals surface area (Å²) < 4.78 is 27.9. The van der Waals surface area contributed by atoms with Gasteiger partial charge in [0.25, 0.3) is 10.0 Å². The second kappa shape index (κ2) is 10.1. The van der Waals surface area contributed by atoms with Crippen LogP contribution < -0.4 is 10.0 Å². The highest BCUT2D eigenvalue weighted by atomic mass is 35.5. The fourth-order valence-corrected chi connectivity index (χ4v) is 4.58. The molecule has 2 N–H and O–H groups in total. The standard InChI is InChI=1S/C21H21Cl2N3O3S/c22-18-8-5-9-19(23)17(18)11-12-21(27)25-15-6-4-7-16(14-15)30(28,29)26-20-10-2-1-3-13-24-20/h4-9,11-12,14H,1-3,10,13H2,(H,24,26)(H,25,27)/b12-11+. The summed E-state index contributed by atoms with van der Waals surface area (Å²) in [6.07, 6.45) is 6.28. The van der Waals surface area contributed by atoms with Gasteiger partial charge in [0.15, 0.2) is 0 Å². The minimum absolute atomic E-state index is 0.0466. The molecule has 2 aromatic rings. The number of hydrogen-bond donors (Lipinski definition) is 2. The van der Waals surface area contributed by atoms with Crippen molar-refractivity contribution < 1.29 is 13.2 Å². The molecule has 30 heavy (non-hydrogen) atoms. The molecule has 158 valence electrons. The van der Waals surface area contributed by atoms with Crippen LogP contribution in [0.4, 0.5) is 5.69 Å². The van der Waals surface area contributed by atoms with Crippen LogP contribution in [0.3, 0.4) is 0 Å². The Kier molecular flexibility index (Phi) is 7.53. The molecule has 1 amide bonds. The quantitative estimate of drug-likeness (QED) is 0.615. The van der Waals surface area contributed by atoms with Crippen LogP contribution in [0.5, 0.6) is 0 Å². The van der Waals surface area contributed by atoms with E-state index in [0.29, 0.717) is 40.1 Å². The molecule has 0 saturated carbocycles. The Morgan fingerprint density at radius 3 is 2.53 bits per heavy atom. The van der Waals surface area contributed by atoms with Crippen LogP contribution in [0.25, 0.3) is 6.08 Å². The predicted octanol–water partition coefficient (Wildman–Crippen LogP) is 4.90. The van der Waals surface area contributed by atoms with Crippen LogP contribution >= 0.6 is 23.2 Å². The third-order valence-corrected chi connectivity index (χ3v) is 6.48. The molecular formula is C21H21Cl2N3O3S. The van der Waals surface area contributed by atoms with Gasteiger partial charge in [-0.1, -0.05) is 41.8 Å². The van der Waals surface area contributed by atoms with Crippen molar-refractivity contribution in [3.8, 4) is 0 Å². The van der Waals surface area contributed by atoms with E-state index >= 15 is 0 Å². The lowest BCUT2D eigenvalue weighted by atomic mass is 10.2. The molecule has 3 rings (SSSR count). The van der Waals surface area contributed by atoms with E-state index in [2.05, 4.69) is 15.0 Å². The topological polar surface area (TPSA) is 87.6 Å². The smallest absolute Gasteiger partial charge is 0.262 e. The molecule has 1 aliphatic heterocycles. The average Bonchev–Trinajstić information content (AvgIpc) is 2.96. The van der Waals surface area contributed by atoms with Crippen molar-refractivity contribution in [2.45, 2.75) is 30.6 Å². The number of amides is 1. The Morgan fingerprint density at radius 2 is 1.77 bits per heavy atom. The molecule has 0 bridgehead atoms. The number of hydrogen-bond acceptors (Lipinski definition) is 4. The van der Waals surface area contributed by atoms with Crippen molar-refractivity contribution in [2.24, 2.45) is 4.99 Å². The lowest BCUT2D eigenvalue weighted by molar-refractivity contribution is -0.111. The first-order chi connectivity index (χ1) is 14.3. The first kappa shape index (κ1) is 22.3. The summed E-state index contributed by atoms with van der Waals surface area (Å²) in [4.78, 5) is 16.6. The maximum Gasteiger partial charge on any atom is 0.262 e. The van der Waals surface area contributed by atoms with Gasteiger partial charge in [-0.25, -0.2) is 8.42 Å². The van der Waals surface area contributed by atoms with E-state index in [9.17, 15) is 13.2 Å². The number of carbonyl (C=O) groups is 1. The molecule has 1 heterocycles. The van der Waals surface area contributed by atoms with Gasteiger partial charge >= 0.3 is 0 Å². The maximum absolute atomic E-state index is 12.7. The zero-order valence-corrected chi connectivity index (χ0v) is 18.4. The SMILES string of the molecule is O=C(/C=C/c1c(Cl)cccc1Cl)Nc1cccc(S(=O)(=O)NC2=NCCCCC2)c1. The van der Waals surface area contributed by atoms with E-state index in [1.165, 1.54) is 24.3 Å². The van der Waals surface area contributed by atoms with Crippen LogP contribution in [0.1, 0.15) is 31.2 Å². The number of carbonyl (C=O) groups excluding carboxylic acids is 1. The van der Waals surface area contributed by atoms with E-state index in [0.717, 1.165) is 19.3 Å². The average molecular weight is 466 g/mol. The van der Waals surface area contributed by atoms with Gasteiger partial charge in [-0.2, -0.15) is 0 Å². The fraction of sp³-hybridized carbons (Fsp3) is 0.238. The lowest BCUT2D eigenvalue weighted by Crippen LogP contribution is -2.30. The highest BCUT2D eigenvalue weighted by Gasteiger charge is 2.18. The van der Waals surface area contributed by atoms with Crippen LogP contribution in [0, 0.1) is 0 Å². The maximum atomic E-state index is 12.7. The Hall–Kier alpha value is -2.35. The zero-order valence-electron chi connectivity index (χ0n) is 16.1. The predicted molar refractivity (Wildman–Crippen MR) is 122 cm³/mol. The van der Waals surface area contributed by atoms with Crippen molar-refractivity contribution in [1.29, 1.82) is 0 Å². The number of nitrogens with zero attached hydrogens (tertiary/aromatic N) is 1. The molecule has 1 aliphatic rings. The van der Waals surface area contributed by atoms with E-state index in [1.54, 1.807) is 30.3 Å². The molecule has 2 aromatic carbocycles. The largest absolute Gasteiger partial charge is 0.322 e. The number of nitrogens with one attached hydrogen (secondary N) is 2. The number of amidine groups is 1. The van der Waals surface area contributed by atoms with E-state index < -0.39 is 15.9 Å². The Labute approximate surface area is 186 Å². The number of sulfonamides is 1. The molecule has 6 nitrogen and oxygen atoms in total. The van der Waals surface area contributed by atoms with Gasteiger partial charge in [0.2, 0.25) is 5.91 Å². The zero-order chi connectivity index (χ0) is 21.6. The van der Waals surface area contributed by atoms with E-state index in [1.807, 2.05) is 0 Å². The van der Waals surface area contributed by atoms with Gasteiger partial charge < -0.3 is 5.32 Å². The van der Waals surface area contributed by atoms with Crippen LogP contribution in [0.2, 0.25) is 10.0 Å². The number of aliphatic imine (C=N–C) groups is 1. The van der Waals surface area contributed by atoms with E-state index in [-0.39, 0.29) is 4.90 Å².